The molecule has 14 heteroatoms. The highest BCUT2D eigenvalue weighted by Crippen LogP contribution is 2.23. The molecule has 4 rings (SSSR count). The number of ketones is 1. The molecular formula is C30H29F3N6O5. The molecule has 2 heterocycles. The summed E-state index contributed by atoms with van der Waals surface area (Å²) in [4.78, 5) is 48.9. The van der Waals surface area contributed by atoms with Crippen LogP contribution in [0, 0.1) is 0 Å². The zero-order chi connectivity index (χ0) is 31.7. The first kappa shape index (κ1) is 31.7. The Labute approximate surface area is 249 Å². The number of nitrogens with zero attached hydrogens (tertiary/aromatic N) is 4. The van der Waals surface area contributed by atoms with Gasteiger partial charge in [-0.05, 0) is 55.2 Å². The van der Waals surface area contributed by atoms with E-state index >= 15 is 0 Å². The number of pyridine rings is 1. The molecule has 44 heavy (non-hydrogen) atoms. The molecule has 0 saturated carbocycles. The van der Waals surface area contributed by atoms with Gasteiger partial charge < -0.3 is 19.9 Å². The van der Waals surface area contributed by atoms with Gasteiger partial charge in [-0.15, -0.1) is 18.3 Å². The lowest BCUT2D eigenvalue weighted by molar-refractivity contribution is -0.274. The molecule has 11 nitrogen and oxygen atoms in total. The molecule has 0 aliphatic heterocycles. The number of unbranched alkanes of at least 4 members (excludes halogenated alkanes) is 1. The molecule has 2 aromatic heterocycles. The molecule has 4 aromatic rings. The molecule has 0 aliphatic rings. The lowest BCUT2D eigenvalue weighted by atomic mass is 10.1. The van der Waals surface area contributed by atoms with E-state index in [0.29, 0.717) is 37.1 Å². The van der Waals surface area contributed by atoms with Crippen molar-refractivity contribution in [3.63, 3.8) is 0 Å². The summed E-state index contributed by atoms with van der Waals surface area (Å²) in [5, 5.41) is 13.2. The van der Waals surface area contributed by atoms with Gasteiger partial charge in [0.25, 0.3) is 11.5 Å². The van der Waals surface area contributed by atoms with Crippen molar-refractivity contribution in [1.29, 1.82) is 0 Å². The highest BCUT2D eigenvalue weighted by molar-refractivity contribution is 5.94. The second-order valence-electron chi connectivity index (χ2n) is 9.88. The fraction of sp³-hybridized carbons (Fsp3) is 0.267. The Morgan fingerprint density at radius 2 is 1.70 bits per heavy atom. The molecule has 0 saturated heterocycles. The van der Waals surface area contributed by atoms with Gasteiger partial charge in [-0.25, -0.2) is 0 Å². The monoisotopic (exact) mass is 610 g/mol. The van der Waals surface area contributed by atoms with Gasteiger partial charge >= 0.3 is 6.36 Å². The summed E-state index contributed by atoms with van der Waals surface area (Å²) in [5.41, 5.74) is 1.75. The summed E-state index contributed by atoms with van der Waals surface area (Å²) in [6.45, 7) is 2.59. The van der Waals surface area contributed by atoms with Crippen LogP contribution in [-0.4, -0.2) is 43.5 Å². The minimum atomic E-state index is -4.84. The summed E-state index contributed by atoms with van der Waals surface area (Å²) < 4.78 is 44.2. The van der Waals surface area contributed by atoms with Crippen molar-refractivity contribution in [3.05, 3.63) is 106 Å². The number of ether oxygens (including phenoxy) is 1. The number of hydrogen-bond acceptors (Lipinski definition) is 7. The number of aryl methyl sites for hydroxylation is 2. The van der Waals surface area contributed by atoms with Gasteiger partial charge in [0.1, 0.15) is 5.75 Å². The van der Waals surface area contributed by atoms with E-state index in [4.69, 9.17) is 0 Å². The minimum Gasteiger partial charge on any atom is -0.406 e. The van der Waals surface area contributed by atoms with Gasteiger partial charge in [0.15, 0.2) is 11.5 Å². The zero-order valence-electron chi connectivity index (χ0n) is 23.6. The number of benzene rings is 2. The molecule has 0 fully saturated rings. The summed E-state index contributed by atoms with van der Waals surface area (Å²) in [6.07, 6.45) is -0.709. The van der Waals surface area contributed by atoms with E-state index in [1.807, 2.05) is 6.07 Å². The van der Waals surface area contributed by atoms with Crippen LogP contribution in [0.15, 0.2) is 77.9 Å². The number of nitrogens with one attached hydrogen (secondary N) is 2. The first-order chi connectivity index (χ1) is 20.9. The van der Waals surface area contributed by atoms with E-state index in [1.54, 1.807) is 30.5 Å². The lowest BCUT2D eigenvalue weighted by Crippen LogP contribution is -2.23. The normalized spacial score (nSPS) is 11.2. The predicted molar refractivity (Wildman–Crippen MR) is 153 cm³/mol. The maximum Gasteiger partial charge on any atom is 0.573 e. The molecule has 0 spiro atoms. The Bertz CT molecular complexity index is 1700. The topological polar surface area (TPSA) is 137 Å². The Hall–Kier alpha value is -5.27. The number of amides is 2. The quantitative estimate of drug-likeness (QED) is 0.172. The van der Waals surface area contributed by atoms with Crippen LogP contribution in [0.5, 0.6) is 5.75 Å². The molecule has 0 unspecified atom stereocenters. The van der Waals surface area contributed by atoms with Gasteiger partial charge in [0.2, 0.25) is 5.91 Å². The molecule has 2 N–H and O–H groups in total. The fourth-order valence-corrected chi connectivity index (χ4v) is 4.25. The van der Waals surface area contributed by atoms with E-state index in [-0.39, 0.29) is 35.7 Å². The number of carbonyl (C=O) groups excluding carboxylic acids is 3. The highest BCUT2D eigenvalue weighted by Gasteiger charge is 2.31. The molecule has 0 aliphatic carbocycles. The number of aromatic nitrogens is 4. The van der Waals surface area contributed by atoms with Gasteiger partial charge in [-0.2, -0.15) is 0 Å². The number of rotatable bonds is 13. The van der Waals surface area contributed by atoms with Crippen molar-refractivity contribution >= 4 is 23.3 Å². The maximum absolute atomic E-state index is 12.5. The molecule has 2 aromatic carbocycles. The summed E-state index contributed by atoms with van der Waals surface area (Å²) in [7, 11) is 0. The van der Waals surface area contributed by atoms with Crippen molar-refractivity contribution in [2.75, 3.05) is 5.32 Å². The summed E-state index contributed by atoms with van der Waals surface area (Å²) >= 11 is 0. The van der Waals surface area contributed by atoms with Crippen molar-refractivity contribution in [2.24, 2.45) is 0 Å². The average molecular weight is 611 g/mol. The van der Waals surface area contributed by atoms with E-state index in [1.165, 1.54) is 40.6 Å². The van der Waals surface area contributed by atoms with Gasteiger partial charge in [-0.3, -0.25) is 23.9 Å². The standard InChI is InChI=1S/C30H29F3N6O5/c1-20(40)23-8-4-7-22(14-23)18-34-29(43)26-19-39(37-36-26)12-3-2-11-38-13-10-24(17-28(38)42)35-27(41)16-21-6-5-9-25(15-21)44-30(31,32)33/h4-10,13-15,17,19H,2-3,11-12,16,18H2,1H3,(H,34,43)(H,35,41). The summed E-state index contributed by atoms with van der Waals surface area (Å²) in [5.74, 6) is -1.39. The Balaban J connectivity index is 1.20. The van der Waals surface area contributed by atoms with Crippen LogP contribution >= 0.6 is 0 Å². The molecule has 2 amide bonds. The molecule has 0 atom stereocenters. The lowest BCUT2D eigenvalue weighted by Gasteiger charge is -2.11. The smallest absolute Gasteiger partial charge is 0.406 e. The van der Waals surface area contributed by atoms with Crippen LogP contribution in [0.3, 0.4) is 0 Å². The van der Waals surface area contributed by atoms with Gasteiger partial charge in [0, 0.05) is 43.1 Å². The number of alkyl halides is 3. The van der Waals surface area contributed by atoms with Crippen LogP contribution in [0.2, 0.25) is 0 Å². The maximum atomic E-state index is 12.5. The third kappa shape index (κ3) is 9.64. The van der Waals surface area contributed by atoms with Crippen molar-refractivity contribution in [2.45, 2.75) is 52.2 Å². The van der Waals surface area contributed by atoms with Crippen molar-refractivity contribution < 1.29 is 32.3 Å². The van der Waals surface area contributed by atoms with Gasteiger partial charge in [0.05, 0.1) is 12.6 Å². The first-order valence-electron chi connectivity index (χ1n) is 13.6. The first-order valence-corrected chi connectivity index (χ1v) is 13.6. The third-order valence-electron chi connectivity index (χ3n) is 6.37. The van der Waals surface area contributed by atoms with E-state index in [2.05, 4.69) is 25.7 Å². The highest BCUT2D eigenvalue weighted by atomic mass is 19.4. The number of anilines is 1. The molecule has 0 bridgehead atoms. The number of hydrogen-bond donors (Lipinski definition) is 2. The van der Waals surface area contributed by atoms with E-state index in [9.17, 15) is 32.3 Å². The zero-order valence-corrected chi connectivity index (χ0v) is 23.6. The second-order valence-corrected chi connectivity index (χ2v) is 9.88. The fourth-order valence-electron chi connectivity index (χ4n) is 4.25. The van der Waals surface area contributed by atoms with Crippen LogP contribution in [0.1, 0.15) is 51.7 Å². The van der Waals surface area contributed by atoms with E-state index in [0.717, 1.165) is 17.7 Å². The predicted octanol–water partition coefficient (Wildman–Crippen LogP) is 4.13. The average Bonchev–Trinajstić information content (AvgIpc) is 3.43. The third-order valence-corrected chi connectivity index (χ3v) is 6.37. The minimum absolute atomic E-state index is 0.0592. The number of carbonyl (C=O) groups is 3. The van der Waals surface area contributed by atoms with Crippen molar-refractivity contribution in [1.82, 2.24) is 24.9 Å². The van der Waals surface area contributed by atoms with Crippen LogP contribution in [-0.2, 0) is 30.8 Å². The Morgan fingerprint density at radius 1 is 0.955 bits per heavy atom. The Kier molecular flexibility index (Phi) is 10.3. The molecular weight excluding hydrogens is 581 g/mol. The largest absolute Gasteiger partial charge is 0.573 e. The second kappa shape index (κ2) is 14.3. The summed E-state index contributed by atoms with van der Waals surface area (Å²) in [6, 6.07) is 14.9. The van der Waals surface area contributed by atoms with E-state index < -0.39 is 23.9 Å². The van der Waals surface area contributed by atoms with Crippen molar-refractivity contribution in [3.8, 4) is 5.75 Å². The molecule has 0 radical (unpaired) electrons. The number of Topliss-reactive ketones (excluding diaryl/α,β-unsaturated/α-hetero) is 1. The SMILES string of the molecule is CC(=O)c1cccc(CNC(=O)c2cn(CCCCn3ccc(NC(=O)Cc4cccc(OC(F)(F)F)c4)cc3=O)nn2)c1. The molecule has 230 valence electrons. The number of halogens is 3. The van der Waals surface area contributed by atoms with Crippen LogP contribution in [0.4, 0.5) is 18.9 Å². The van der Waals surface area contributed by atoms with Crippen LogP contribution in [0.25, 0.3) is 0 Å². The van der Waals surface area contributed by atoms with Gasteiger partial charge in [-0.1, -0.05) is 35.5 Å². The Morgan fingerprint density at radius 3 is 2.45 bits per heavy atom. The van der Waals surface area contributed by atoms with Crippen LogP contribution < -0.4 is 20.9 Å².